The molecule has 0 aliphatic heterocycles. The Labute approximate surface area is 81.7 Å². The predicted octanol–water partition coefficient (Wildman–Crippen LogP) is 2.08. The Hall–Kier alpha value is -1.09. The van der Waals surface area contributed by atoms with Crippen LogP contribution in [0.25, 0.3) is 0 Å². The van der Waals surface area contributed by atoms with Crippen molar-refractivity contribution in [3.05, 3.63) is 28.5 Å². The van der Waals surface area contributed by atoms with Crippen LogP contribution in [0.15, 0.2) is 12.1 Å². The molecule has 0 N–H and O–H groups in total. The number of esters is 1. The number of nitrogens with zero attached hydrogens (tertiary/aromatic N) is 1. The molecule has 70 valence electrons. The fraction of sp³-hybridized carbons (Fsp3) is 0.333. The summed E-state index contributed by atoms with van der Waals surface area (Å²) in [5, 5.41) is 0.366. The maximum absolute atomic E-state index is 11.0. The highest BCUT2D eigenvalue weighted by molar-refractivity contribution is 6.30. The Balaban J connectivity index is 3.02. The Kier molecular flexibility index (Phi) is 3.25. The molecule has 0 unspecified atom stereocenters. The van der Waals surface area contributed by atoms with Gasteiger partial charge in [0.05, 0.1) is 7.11 Å². The Bertz CT molecular complexity index is 325. The number of hydrogen-bond acceptors (Lipinski definition) is 3. The van der Waals surface area contributed by atoms with E-state index >= 15 is 0 Å². The lowest BCUT2D eigenvalue weighted by Gasteiger charge is -2.02. The summed E-state index contributed by atoms with van der Waals surface area (Å²) < 4.78 is 4.50. The number of carbonyl (C=O) groups excluding carboxylic acids is 1. The second-order valence-corrected chi connectivity index (χ2v) is 2.85. The van der Waals surface area contributed by atoms with Crippen molar-refractivity contribution in [2.24, 2.45) is 0 Å². The molecule has 0 saturated carbocycles. The van der Waals surface area contributed by atoms with Gasteiger partial charge in [-0.05, 0) is 18.1 Å². The molecule has 13 heavy (non-hydrogen) atoms. The minimum Gasteiger partial charge on any atom is -0.464 e. The summed E-state index contributed by atoms with van der Waals surface area (Å²) in [7, 11) is 1.31. The van der Waals surface area contributed by atoms with Crippen molar-refractivity contribution in [1.82, 2.24) is 4.98 Å². The largest absolute Gasteiger partial charge is 0.464 e. The maximum atomic E-state index is 11.0. The van der Waals surface area contributed by atoms with Crippen molar-refractivity contribution in [2.45, 2.75) is 13.3 Å². The lowest BCUT2D eigenvalue weighted by atomic mass is 10.2. The molecule has 0 saturated heterocycles. The quantitative estimate of drug-likeness (QED) is 0.541. The lowest BCUT2D eigenvalue weighted by Crippen LogP contribution is -2.04. The summed E-state index contributed by atoms with van der Waals surface area (Å²) >= 11 is 5.81. The van der Waals surface area contributed by atoms with Crippen LogP contribution in [-0.4, -0.2) is 18.1 Å². The second kappa shape index (κ2) is 4.23. The van der Waals surface area contributed by atoms with E-state index in [4.69, 9.17) is 11.6 Å². The normalized spacial score (nSPS) is 9.77. The molecule has 0 bridgehead atoms. The SMILES string of the molecule is CCc1ccc(C(=O)OC)nc1Cl. The highest BCUT2D eigenvalue weighted by Crippen LogP contribution is 2.14. The van der Waals surface area contributed by atoms with Crippen molar-refractivity contribution in [2.75, 3.05) is 7.11 Å². The number of aryl methyl sites for hydroxylation is 1. The van der Waals surface area contributed by atoms with Gasteiger partial charge in [0.2, 0.25) is 0 Å². The summed E-state index contributed by atoms with van der Waals surface area (Å²) in [5.41, 5.74) is 1.17. The monoisotopic (exact) mass is 199 g/mol. The van der Waals surface area contributed by atoms with Gasteiger partial charge in [-0.1, -0.05) is 24.6 Å². The Morgan fingerprint density at radius 3 is 2.77 bits per heavy atom. The van der Waals surface area contributed by atoms with Gasteiger partial charge < -0.3 is 4.74 Å². The van der Waals surface area contributed by atoms with E-state index < -0.39 is 5.97 Å². The third-order valence-electron chi connectivity index (χ3n) is 1.70. The highest BCUT2D eigenvalue weighted by Gasteiger charge is 2.08. The van der Waals surface area contributed by atoms with Crippen molar-refractivity contribution >= 4 is 17.6 Å². The first-order valence-corrected chi connectivity index (χ1v) is 4.30. The zero-order valence-corrected chi connectivity index (χ0v) is 8.26. The molecular formula is C9H10ClNO2. The van der Waals surface area contributed by atoms with E-state index in [0.717, 1.165) is 12.0 Å². The van der Waals surface area contributed by atoms with E-state index in [1.54, 1.807) is 12.1 Å². The van der Waals surface area contributed by atoms with Gasteiger partial charge in [0.1, 0.15) is 10.8 Å². The third kappa shape index (κ3) is 2.18. The first-order valence-electron chi connectivity index (χ1n) is 3.92. The summed E-state index contributed by atoms with van der Waals surface area (Å²) in [6.45, 7) is 1.97. The van der Waals surface area contributed by atoms with Crippen molar-refractivity contribution in [3.63, 3.8) is 0 Å². The van der Waals surface area contributed by atoms with Gasteiger partial charge in [-0.15, -0.1) is 0 Å². The van der Waals surface area contributed by atoms with Crippen molar-refractivity contribution in [1.29, 1.82) is 0 Å². The van der Waals surface area contributed by atoms with Gasteiger partial charge >= 0.3 is 5.97 Å². The molecule has 0 atom stereocenters. The van der Waals surface area contributed by atoms with Crippen LogP contribution in [0.4, 0.5) is 0 Å². The molecule has 0 spiro atoms. The summed E-state index contributed by atoms with van der Waals surface area (Å²) in [6.07, 6.45) is 0.799. The number of rotatable bonds is 2. The smallest absolute Gasteiger partial charge is 0.356 e. The van der Waals surface area contributed by atoms with Gasteiger partial charge in [-0.3, -0.25) is 0 Å². The molecule has 1 heterocycles. The second-order valence-electron chi connectivity index (χ2n) is 2.49. The van der Waals surface area contributed by atoms with Crippen LogP contribution >= 0.6 is 11.6 Å². The molecule has 1 aromatic heterocycles. The zero-order chi connectivity index (χ0) is 9.84. The van der Waals surface area contributed by atoms with Crippen LogP contribution in [0, 0.1) is 0 Å². The van der Waals surface area contributed by atoms with Crippen LogP contribution in [0.3, 0.4) is 0 Å². The molecule has 0 amide bonds. The standard InChI is InChI=1S/C9H10ClNO2/c1-3-6-4-5-7(9(12)13-2)11-8(6)10/h4-5H,3H2,1-2H3. The number of carbonyl (C=O) groups is 1. The fourth-order valence-electron chi connectivity index (χ4n) is 0.945. The molecule has 0 aliphatic rings. The number of ether oxygens (including phenoxy) is 1. The van der Waals surface area contributed by atoms with Crippen LogP contribution in [0.5, 0.6) is 0 Å². The molecular weight excluding hydrogens is 190 g/mol. The highest BCUT2D eigenvalue weighted by atomic mass is 35.5. The van der Waals surface area contributed by atoms with Gasteiger partial charge in [0.15, 0.2) is 0 Å². The fourth-order valence-corrected chi connectivity index (χ4v) is 1.23. The first kappa shape index (κ1) is 9.99. The van der Waals surface area contributed by atoms with Gasteiger partial charge in [-0.2, -0.15) is 0 Å². The molecule has 0 aromatic carbocycles. The molecule has 0 fully saturated rings. The average molecular weight is 200 g/mol. The number of pyridine rings is 1. The van der Waals surface area contributed by atoms with E-state index in [-0.39, 0.29) is 5.69 Å². The molecule has 1 aromatic rings. The zero-order valence-electron chi connectivity index (χ0n) is 7.50. The maximum Gasteiger partial charge on any atom is 0.356 e. The van der Waals surface area contributed by atoms with Gasteiger partial charge in [0, 0.05) is 0 Å². The Morgan fingerprint density at radius 2 is 2.31 bits per heavy atom. The van der Waals surface area contributed by atoms with E-state index in [2.05, 4.69) is 9.72 Å². The minimum atomic E-state index is -0.468. The van der Waals surface area contributed by atoms with Crippen LogP contribution in [-0.2, 0) is 11.2 Å². The van der Waals surface area contributed by atoms with Crippen LogP contribution in [0.1, 0.15) is 23.0 Å². The van der Waals surface area contributed by atoms with E-state index in [0.29, 0.717) is 5.15 Å². The number of halogens is 1. The summed E-state index contributed by atoms with van der Waals surface area (Å²) in [6, 6.07) is 3.39. The number of aromatic nitrogens is 1. The third-order valence-corrected chi connectivity index (χ3v) is 2.03. The van der Waals surface area contributed by atoms with E-state index in [1.165, 1.54) is 7.11 Å². The topological polar surface area (TPSA) is 39.2 Å². The number of methoxy groups -OCH3 is 1. The van der Waals surface area contributed by atoms with Crippen molar-refractivity contribution < 1.29 is 9.53 Å². The number of hydrogen-bond donors (Lipinski definition) is 0. The van der Waals surface area contributed by atoms with Crippen LogP contribution in [0.2, 0.25) is 5.15 Å². The summed E-state index contributed by atoms with van der Waals surface area (Å²) in [4.78, 5) is 14.9. The minimum absolute atomic E-state index is 0.240. The average Bonchev–Trinajstić information content (AvgIpc) is 2.16. The molecule has 0 aliphatic carbocycles. The van der Waals surface area contributed by atoms with Crippen LogP contribution < -0.4 is 0 Å². The lowest BCUT2D eigenvalue weighted by molar-refractivity contribution is 0.0594. The van der Waals surface area contributed by atoms with Crippen molar-refractivity contribution in [3.8, 4) is 0 Å². The molecule has 0 radical (unpaired) electrons. The first-order chi connectivity index (χ1) is 6.19. The predicted molar refractivity (Wildman–Crippen MR) is 50.0 cm³/mol. The van der Waals surface area contributed by atoms with E-state index in [1.807, 2.05) is 6.92 Å². The van der Waals surface area contributed by atoms with Gasteiger partial charge in [-0.25, -0.2) is 9.78 Å². The molecule has 1 rings (SSSR count). The summed E-state index contributed by atoms with van der Waals surface area (Å²) in [5.74, 6) is -0.468. The molecule has 3 nitrogen and oxygen atoms in total. The molecule has 4 heteroatoms. The van der Waals surface area contributed by atoms with Gasteiger partial charge in [0.25, 0.3) is 0 Å². The van der Waals surface area contributed by atoms with E-state index in [9.17, 15) is 4.79 Å². The Morgan fingerprint density at radius 1 is 1.62 bits per heavy atom.